The van der Waals surface area contributed by atoms with Gasteiger partial charge in [0, 0.05) is 17.9 Å². The van der Waals surface area contributed by atoms with Crippen molar-refractivity contribution in [2.45, 2.75) is 57.9 Å². The zero-order valence-electron chi connectivity index (χ0n) is 8.81. The minimum Gasteiger partial charge on any atom is -0.325 e. The first-order valence-electron chi connectivity index (χ1n) is 5.43. The number of carbonyl (C=O) groups is 1. The zero-order valence-corrected chi connectivity index (χ0v) is 8.81. The Labute approximate surface area is 80.9 Å². The summed E-state index contributed by atoms with van der Waals surface area (Å²) in [5.74, 6) is 0.633. The van der Waals surface area contributed by atoms with E-state index >= 15 is 0 Å². The molecule has 1 aliphatic rings. The van der Waals surface area contributed by atoms with Gasteiger partial charge in [-0.2, -0.15) is 0 Å². The van der Waals surface area contributed by atoms with E-state index in [0.717, 1.165) is 25.7 Å². The van der Waals surface area contributed by atoms with Crippen LogP contribution in [-0.2, 0) is 4.79 Å². The first-order valence-corrected chi connectivity index (χ1v) is 5.43. The summed E-state index contributed by atoms with van der Waals surface area (Å²) in [4.78, 5) is 11.7. The molecule has 0 heterocycles. The molecule has 13 heavy (non-hydrogen) atoms. The van der Waals surface area contributed by atoms with E-state index in [1.165, 1.54) is 6.42 Å². The molecule has 1 saturated carbocycles. The topological polar surface area (TPSA) is 43.1 Å². The molecular formula is C11H21NO. The summed E-state index contributed by atoms with van der Waals surface area (Å²) in [5.41, 5.74) is 5.90. The molecule has 0 amide bonds. The van der Waals surface area contributed by atoms with Crippen LogP contribution in [0.15, 0.2) is 0 Å². The number of Topliss-reactive ketones (excluding diaryl/α,β-unsaturated/α-hetero) is 1. The van der Waals surface area contributed by atoms with Gasteiger partial charge >= 0.3 is 0 Å². The minimum atomic E-state index is -0.125. The van der Waals surface area contributed by atoms with Crippen LogP contribution in [0, 0.1) is 5.92 Å². The Kier molecular flexibility index (Phi) is 3.48. The molecule has 0 bridgehead atoms. The maximum absolute atomic E-state index is 11.7. The lowest BCUT2D eigenvalue weighted by atomic mass is 9.72. The molecule has 0 unspecified atom stereocenters. The number of rotatable bonds is 5. The molecule has 2 heteroatoms. The van der Waals surface area contributed by atoms with Gasteiger partial charge in [0.25, 0.3) is 0 Å². The van der Waals surface area contributed by atoms with E-state index in [4.69, 9.17) is 5.73 Å². The normalized spacial score (nSPS) is 20.0. The highest BCUT2D eigenvalue weighted by molar-refractivity contribution is 5.82. The summed E-state index contributed by atoms with van der Waals surface area (Å²) in [7, 11) is 0. The number of hydrogen-bond acceptors (Lipinski definition) is 2. The smallest absolute Gasteiger partial charge is 0.137 e. The van der Waals surface area contributed by atoms with E-state index in [-0.39, 0.29) is 11.5 Å². The van der Waals surface area contributed by atoms with Crippen LogP contribution >= 0.6 is 0 Å². The van der Waals surface area contributed by atoms with Crippen molar-refractivity contribution in [2.75, 3.05) is 0 Å². The fraction of sp³-hybridized carbons (Fsp3) is 0.909. The molecule has 0 aromatic carbocycles. The average Bonchev–Trinajstić information content (AvgIpc) is 2.04. The van der Waals surface area contributed by atoms with Crippen LogP contribution in [0.25, 0.3) is 0 Å². The zero-order chi connectivity index (χ0) is 9.90. The molecule has 0 aromatic heterocycles. The molecule has 0 aromatic rings. The van der Waals surface area contributed by atoms with Crippen molar-refractivity contribution in [3.63, 3.8) is 0 Å². The first-order chi connectivity index (χ1) is 6.11. The molecule has 0 atom stereocenters. The lowest BCUT2D eigenvalue weighted by Crippen LogP contribution is -2.48. The van der Waals surface area contributed by atoms with Gasteiger partial charge in [0.2, 0.25) is 0 Å². The predicted molar refractivity (Wildman–Crippen MR) is 54.5 cm³/mol. The van der Waals surface area contributed by atoms with Gasteiger partial charge in [0.1, 0.15) is 5.78 Å². The molecule has 2 N–H and O–H groups in total. The standard InChI is InChI=1S/C11H21NO/c1-3-9(4-2)10(13)8-11(12)6-5-7-11/h9H,3-8,12H2,1-2H3. The van der Waals surface area contributed by atoms with Crippen LogP contribution in [0.2, 0.25) is 0 Å². The monoisotopic (exact) mass is 183 g/mol. The largest absolute Gasteiger partial charge is 0.325 e. The molecule has 2 nitrogen and oxygen atoms in total. The fourth-order valence-corrected chi connectivity index (χ4v) is 2.04. The Morgan fingerprint density at radius 2 is 1.92 bits per heavy atom. The van der Waals surface area contributed by atoms with E-state index in [1.807, 2.05) is 0 Å². The molecular weight excluding hydrogens is 162 g/mol. The molecule has 1 fully saturated rings. The Bertz CT molecular complexity index is 181. The van der Waals surface area contributed by atoms with Crippen molar-refractivity contribution < 1.29 is 4.79 Å². The van der Waals surface area contributed by atoms with Gasteiger partial charge in [0.05, 0.1) is 0 Å². The second kappa shape index (κ2) is 4.23. The molecule has 0 radical (unpaired) electrons. The number of hydrogen-bond donors (Lipinski definition) is 1. The summed E-state index contributed by atoms with van der Waals surface area (Å²) >= 11 is 0. The summed E-state index contributed by atoms with van der Waals surface area (Å²) in [6.07, 6.45) is 5.82. The quantitative estimate of drug-likeness (QED) is 0.710. The van der Waals surface area contributed by atoms with Crippen LogP contribution in [0.1, 0.15) is 52.4 Å². The highest BCUT2D eigenvalue weighted by atomic mass is 16.1. The molecule has 0 aliphatic heterocycles. The maximum Gasteiger partial charge on any atom is 0.137 e. The van der Waals surface area contributed by atoms with Gasteiger partial charge in [-0.15, -0.1) is 0 Å². The summed E-state index contributed by atoms with van der Waals surface area (Å²) < 4.78 is 0. The first kappa shape index (κ1) is 10.7. The predicted octanol–water partition coefficient (Wildman–Crippen LogP) is 2.26. The van der Waals surface area contributed by atoms with E-state index in [0.29, 0.717) is 12.2 Å². The van der Waals surface area contributed by atoms with Gasteiger partial charge in [-0.05, 0) is 32.1 Å². The number of nitrogens with two attached hydrogens (primary N) is 1. The summed E-state index contributed by atoms with van der Waals surface area (Å²) in [5, 5.41) is 0. The van der Waals surface area contributed by atoms with Gasteiger partial charge < -0.3 is 5.73 Å². The van der Waals surface area contributed by atoms with Crippen LogP contribution in [0.5, 0.6) is 0 Å². The third-order valence-electron chi connectivity index (χ3n) is 3.32. The summed E-state index contributed by atoms with van der Waals surface area (Å²) in [6.45, 7) is 4.16. The molecule has 0 saturated heterocycles. The third kappa shape index (κ3) is 2.53. The maximum atomic E-state index is 11.7. The van der Waals surface area contributed by atoms with Crippen LogP contribution in [0.3, 0.4) is 0 Å². The van der Waals surface area contributed by atoms with Gasteiger partial charge in [-0.1, -0.05) is 13.8 Å². The average molecular weight is 183 g/mol. The fourth-order valence-electron chi connectivity index (χ4n) is 2.04. The van der Waals surface area contributed by atoms with Crippen molar-refractivity contribution in [3.8, 4) is 0 Å². The Hall–Kier alpha value is -0.370. The number of ketones is 1. The van der Waals surface area contributed by atoms with E-state index in [2.05, 4.69) is 13.8 Å². The van der Waals surface area contributed by atoms with Gasteiger partial charge in [-0.3, -0.25) is 4.79 Å². The minimum absolute atomic E-state index is 0.125. The van der Waals surface area contributed by atoms with Crippen molar-refractivity contribution >= 4 is 5.78 Å². The van der Waals surface area contributed by atoms with Crippen LogP contribution in [0.4, 0.5) is 0 Å². The SMILES string of the molecule is CCC(CC)C(=O)CC1(N)CCC1. The van der Waals surface area contributed by atoms with Gasteiger partial charge in [0.15, 0.2) is 0 Å². The lowest BCUT2D eigenvalue weighted by Gasteiger charge is -2.38. The number of carbonyl (C=O) groups excluding carboxylic acids is 1. The third-order valence-corrected chi connectivity index (χ3v) is 3.32. The highest BCUT2D eigenvalue weighted by Crippen LogP contribution is 2.33. The van der Waals surface area contributed by atoms with E-state index in [1.54, 1.807) is 0 Å². The van der Waals surface area contributed by atoms with Crippen LogP contribution < -0.4 is 5.73 Å². The van der Waals surface area contributed by atoms with Gasteiger partial charge in [-0.25, -0.2) is 0 Å². The Morgan fingerprint density at radius 1 is 1.38 bits per heavy atom. The van der Waals surface area contributed by atoms with E-state index in [9.17, 15) is 4.79 Å². The molecule has 76 valence electrons. The second-order valence-corrected chi connectivity index (χ2v) is 4.37. The molecule has 1 rings (SSSR count). The van der Waals surface area contributed by atoms with Crippen molar-refractivity contribution in [1.29, 1.82) is 0 Å². The van der Waals surface area contributed by atoms with E-state index < -0.39 is 0 Å². The Morgan fingerprint density at radius 3 is 2.23 bits per heavy atom. The van der Waals surface area contributed by atoms with Crippen molar-refractivity contribution in [1.82, 2.24) is 0 Å². The molecule has 0 spiro atoms. The second-order valence-electron chi connectivity index (χ2n) is 4.37. The van der Waals surface area contributed by atoms with Crippen molar-refractivity contribution in [3.05, 3.63) is 0 Å². The van der Waals surface area contributed by atoms with Crippen LogP contribution in [-0.4, -0.2) is 11.3 Å². The van der Waals surface area contributed by atoms with Crippen molar-refractivity contribution in [2.24, 2.45) is 11.7 Å². The Balaban J connectivity index is 2.39. The molecule has 1 aliphatic carbocycles. The highest BCUT2D eigenvalue weighted by Gasteiger charge is 2.35. The lowest BCUT2D eigenvalue weighted by molar-refractivity contribution is -0.125. The summed E-state index contributed by atoms with van der Waals surface area (Å²) in [6, 6.07) is 0.